The average molecular weight is 240 g/mol. The molecule has 0 amide bonds. The zero-order valence-electron chi connectivity index (χ0n) is 9.38. The standard InChI is InChI=1S/C13H18ClNO/c14-12-7-6-10(9-16)8-13(12)15-11-4-2-1-3-5-11/h6-8,11,15-16H,1-5,9H2. The summed E-state index contributed by atoms with van der Waals surface area (Å²) >= 11 is 6.13. The van der Waals surface area contributed by atoms with Crippen LogP contribution in [0, 0.1) is 0 Å². The van der Waals surface area contributed by atoms with Crippen LogP contribution in [0.4, 0.5) is 5.69 Å². The van der Waals surface area contributed by atoms with Gasteiger partial charge in [0.2, 0.25) is 0 Å². The highest BCUT2D eigenvalue weighted by atomic mass is 35.5. The minimum absolute atomic E-state index is 0.0660. The molecule has 0 aromatic heterocycles. The molecule has 0 aliphatic heterocycles. The van der Waals surface area contributed by atoms with Gasteiger partial charge in [0, 0.05) is 6.04 Å². The second kappa shape index (κ2) is 5.55. The SMILES string of the molecule is OCc1ccc(Cl)c(NC2CCCCC2)c1. The minimum Gasteiger partial charge on any atom is -0.392 e. The van der Waals surface area contributed by atoms with Gasteiger partial charge in [0.15, 0.2) is 0 Å². The Morgan fingerprint density at radius 1 is 1.25 bits per heavy atom. The van der Waals surface area contributed by atoms with Gasteiger partial charge in [-0.2, -0.15) is 0 Å². The molecule has 0 unspecified atom stereocenters. The molecule has 0 radical (unpaired) electrons. The molecule has 3 heteroatoms. The molecular formula is C13H18ClNO. The van der Waals surface area contributed by atoms with E-state index in [4.69, 9.17) is 16.7 Å². The van der Waals surface area contributed by atoms with Crippen LogP contribution >= 0.6 is 11.6 Å². The fraction of sp³-hybridized carbons (Fsp3) is 0.538. The van der Waals surface area contributed by atoms with Crippen LogP contribution in [0.15, 0.2) is 18.2 Å². The van der Waals surface area contributed by atoms with E-state index in [1.54, 1.807) is 0 Å². The number of anilines is 1. The Morgan fingerprint density at radius 3 is 2.69 bits per heavy atom. The summed E-state index contributed by atoms with van der Waals surface area (Å²) in [4.78, 5) is 0. The number of hydrogen-bond donors (Lipinski definition) is 2. The van der Waals surface area contributed by atoms with E-state index in [0.717, 1.165) is 16.3 Å². The van der Waals surface area contributed by atoms with Gasteiger partial charge in [-0.05, 0) is 30.5 Å². The van der Waals surface area contributed by atoms with Gasteiger partial charge in [-0.25, -0.2) is 0 Å². The zero-order chi connectivity index (χ0) is 11.4. The quantitative estimate of drug-likeness (QED) is 0.845. The molecule has 1 saturated carbocycles. The van der Waals surface area contributed by atoms with Gasteiger partial charge in [-0.15, -0.1) is 0 Å². The van der Waals surface area contributed by atoms with Crippen LogP contribution in [0.25, 0.3) is 0 Å². The fourth-order valence-corrected chi connectivity index (χ4v) is 2.42. The van der Waals surface area contributed by atoms with Crippen LogP contribution in [0.3, 0.4) is 0 Å². The number of hydrogen-bond acceptors (Lipinski definition) is 2. The van der Waals surface area contributed by atoms with Crippen LogP contribution in [0.5, 0.6) is 0 Å². The third-order valence-electron chi connectivity index (χ3n) is 3.18. The Hall–Kier alpha value is -0.730. The van der Waals surface area contributed by atoms with E-state index in [1.165, 1.54) is 32.1 Å². The van der Waals surface area contributed by atoms with Crippen molar-refractivity contribution in [1.82, 2.24) is 0 Å². The monoisotopic (exact) mass is 239 g/mol. The predicted octanol–water partition coefficient (Wildman–Crippen LogP) is 3.58. The normalized spacial score (nSPS) is 17.4. The highest BCUT2D eigenvalue weighted by Crippen LogP contribution is 2.27. The lowest BCUT2D eigenvalue weighted by Gasteiger charge is -2.24. The maximum atomic E-state index is 9.09. The lowest BCUT2D eigenvalue weighted by Crippen LogP contribution is -2.22. The van der Waals surface area contributed by atoms with Crippen LogP contribution in [-0.2, 0) is 6.61 Å². The van der Waals surface area contributed by atoms with E-state index >= 15 is 0 Å². The molecule has 1 aromatic rings. The van der Waals surface area contributed by atoms with Gasteiger partial charge in [0.25, 0.3) is 0 Å². The van der Waals surface area contributed by atoms with Gasteiger partial charge in [0.05, 0.1) is 17.3 Å². The first-order valence-electron chi connectivity index (χ1n) is 5.95. The summed E-state index contributed by atoms with van der Waals surface area (Å²) in [5.41, 5.74) is 1.86. The number of benzene rings is 1. The van der Waals surface area contributed by atoms with Gasteiger partial charge < -0.3 is 10.4 Å². The van der Waals surface area contributed by atoms with Crippen molar-refractivity contribution < 1.29 is 5.11 Å². The van der Waals surface area contributed by atoms with Crippen LogP contribution in [-0.4, -0.2) is 11.1 Å². The number of aliphatic hydroxyl groups excluding tert-OH is 1. The Balaban J connectivity index is 2.06. The molecule has 0 saturated heterocycles. The number of halogens is 1. The number of aliphatic hydroxyl groups is 1. The topological polar surface area (TPSA) is 32.3 Å². The first-order valence-corrected chi connectivity index (χ1v) is 6.33. The van der Waals surface area contributed by atoms with Gasteiger partial charge in [0.1, 0.15) is 0 Å². The molecule has 2 rings (SSSR count). The summed E-state index contributed by atoms with van der Waals surface area (Å²) in [5, 5.41) is 13.3. The molecule has 16 heavy (non-hydrogen) atoms. The molecule has 0 bridgehead atoms. The van der Waals surface area contributed by atoms with Crippen molar-refractivity contribution in [1.29, 1.82) is 0 Å². The molecule has 2 nitrogen and oxygen atoms in total. The zero-order valence-corrected chi connectivity index (χ0v) is 10.1. The first kappa shape index (κ1) is 11.7. The summed E-state index contributed by atoms with van der Waals surface area (Å²) in [6.45, 7) is 0.0660. The molecule has 2 N–H and O–H groups in total. The molecular weight excluding hydrogens is 222 g/mol. The van der Waals surface area contributed by atoms with Crippen molar-refractivity contribution in [3.63, 3.8) is 0 Å². The molecule has 0 atom stereocenters. The van der Waals surface area contributed by atoms with Crippen LogP contribution < -0.4 is 5.32 Å². The smallest absolute Gasteiger partial charge is 0.0682 e. The van der Waals surface area contributed by atoms with E-state index < -0.39 is 0 Å². The first-order chi connectivity index (χ1) is 7.79. The lowest BCUT2D eigenvalue weighted by molar-refractivity contribution is 0.282. The van der Waals surface area contributed by atoms with E-state index in [-0.39, 0.29) is 6.61 Å². The molecule has 1 aliphatic rings. The summed E-state index contributed by atoms with van der Waals surface area (Å²) in [7, 11) is 0. The van der Waals surface area contributed by atoms with Crippen molar-refractivity contribution in [3.05, 3.63) is 28.8 Å². The van der Waals surface area contributed by atoms with E-state index in [2.05, 4.69) is 5.32 Å². The summed E-state index contributed by atoms with van der Waals surface area (Å²) in [6, 6.07) is 6.18. The predicted molar refractivity (Wildman–Crippen MR) is 67.9 cm³/mol. The third-order valence-corrected chi connectivity index (χ3v) is 3.51. The molecule has 1 aliphatic carbocycles. The van der Waals surface area contributed by atoms with Crippen LogP contribution in [0.1, 0.15) is 37.7 Å². The second-order valence-corrected chi connectivity index (χ2v) is 4.86. The summed E-state index contributed by atoms with van der Waals surface area (Å²) in [5.74, 6) is 0. The molecule has 0 spiro atoms. The molecule has 1 aromatic carbocycles. The van der Waals surface area contributed by atoms with Crippen molar-refractivity contribution in [2.24, 2.45) is 0 Å². The molecule has 1 fully saturated rings. The van der Waals surface area contributed by atoms with Crippen molar-refractivity contribution >= 4 is 17.3 Å². The highest BCUT2D eigenvalue weighted by molar-refractivity contribution is 6.33. The number of nitrogens with one attached hydrogen (secondary N) is 1. The van der Waals surface area contributed by atoms with E-state index in [1.807, 2.05) is 18.2 Å². The van der Waals surface area contributed by atoms with E-state index in [0.29, 0.717) is 6.04 Å². The summed E-state index contributed by atoms with van der Waals surface area (Å²) in [6.07, 6.45) is 6.39. The summed E-state index contributed by atoms with van der Waals surface area (Å²) < 4.78 is 0. The van der Waals surface area contributed by atoms with E-state index in [9.17, 15) is 0 Å². The lowest BCUT2D eigenvalue weighted by atomic mass is 9.95. The van der Waals surface area contributed by atoms with Gasteiger partial charge in [-0.3, -0.25) is 0 Å². The van der Waals surface area contributed by atoms with Gasteiger partial charge in [-0.1, -0.05) is 36.9 Å². The largest absolute Gasteiger partial charge is 0.392 e. The van der Waals surface area contributed by atoms with Crippen LogP contribution in [0.2, 0.25) is 5.02 Å². The van der Waals surface area contributed by atoms with Crippen molar-refractivity contribution in [2.45, 2.75) is 44.8 Å². The maximum Gasteiger partial charge on any atom is 0.0682 e. The Morgan fingerprint density at radius 2 is 2.00 bits per heavy atom. The van der Waals surface area contributed by atoms with Gasteiger partial charge >= 0.3 is 0 Å². The molecule has 0 heterocycles. The number of rotatable bonds is 3. The average Bonchev–Trinajstić information content (AvgIpc) is 2.33. The maximum absolute atomic E-state index is 9.09. The molecule has 88 valence electrons. The Bertz CT molecular complexity index is 348. The van der Waals surface area contributed by atoms with Crippen molar-refractivity contribution in [2.75, 3.05) is 5.32 Å². The Labute approximate surface area is 102 Å². The Kier molecular flexibility index (Phi) is 4.08. The minimum atomic E-state index is 0.0660. The third kappa shape index (κ3) is 2.89. The second-order valence-electron chi connectivity index (χ2n) is 4.45. The van der Waals surface area contributed by atoms with Crippen molar-refractivity contribution in [3.8, 4) is 0 Å². The highest BCUT2D eigenvalue weighted by Gasteiger charge is 2.14. The fourth-order valence-electron chi connectivity index (χ4n) is 2.25.